The molecule has 156 valence electrons. The lowest BCUT2D eigenvalue weighted by molar-refractivity contribution is -0.122. The summed E-state index contributed by atoms with van der Waals surface area (Å²) in [5.74, 6) is 0.205. The predicted molar refractivity (Wildman–Crippen MR) is 123 cm³/mol. The highest BCUT2D eigenvalue weighted by molar-refractivity contribution is 7.80. The number of methoxy groups -OCH3 is 1. The summed E-state index contributed by atoms with van der Waals surface area (Å²) in [4.78, 5) is 28.8. The van der Waals surface area contributed by atoms with E-state index in [1.54, 1.807) is 18.1 Å². The van der Waals surface area contributed by atoms with Gasteiger partial charge in [-0.05, 0) is 60.6 Å². The Bertz CT molecular complexity index is 941. The van der Waals surface area contributed by atoms with Gasteiger partial charge in [0.2, 0.25) is 5.91 Å². The minimum atomic E-state index is -0.681. The molecule has 0 radical (unpaired) electrons. The fourth-order valence-corrected chi connectivity index (χ4v) is 3.69. The predicted octanol–water partition coefficient (Wildman–Crippen LogP) is 3.77. The Morgan fingerprint density at radius 1 is 1.23 bits per heavy atom. The minimum absolute atomic E-state index is 0.0621. The number of anilines is 2. The van der Waals surface area contributed by atoms with Gasteiger partial charge in [0, 0.05) is 12.2 Å². The van der Waals surface area contributed by atoms with E-state index in [-0.39, 0.29) is 18.2 Å². The van der Waals surface area contributed by atoms with Crippen molar-refractivity contribution in [1.29, 1.82) is 0 Å². The average molecular weight is 424 g/mol. The van der Waals surface area contributed by atoms with Crippen LogP contribution in [-0.2, 0) is 16.0 Å². The molecule has 2 amide bonds. The summed E-state index contributed by atoms with van der Waals surface area (Å²) in [6.07, 6.45) is 2.62. The molecule has 1 aliphatic heterocycles. The number of aryl methyl sites for hydroxylation is 1. The van der Waals surface area contributed by atoms with Crippen LogP contribution in [0, 0.1) is 0 Å². The number of hydrogen-bond acceptors (Lipinski definition) is 4. The van der Waals surface area contributed by atoms with Gasteiger partial charge in [0.25, 0.3) is 5.91 Å². The number of imide groups is 1. The molecule has 0 saturated carbocycles. The Hall–Kier alpha value is -3.19. The average Bonchev–Trinajstić information content (AvgIpc) is 3.06. The van der Waals surface area contributed by atoms with Gasteiger partial charge in [-0.1, -0.05) is 25.1 Å². The highest BCUT2D eigenvalue weighted by Crippen LogP contribution is 2.27. The normalized spacial score (nSPS) is 15.8. The van der Waals surface area contributed by atoms with Crippen molar-refractivity contribution in [2.45, 2.75) is 25.8 Å². The zero-order valence-corrected chi connectivity index (χ0v) is 17.9. The smallest absolute Gasteiger partial charge is 0.257 e. The first kappa shape index (κ1) is 21.5. The molecule has 1 saturated heterocycles. The van der Waals surface area contributed by atoms with Gasteiger partial charge in [-0.3, -0.25) is 9.59 Å². The Labute approximate surface area is 182 Å². The quantitative estimate of drug-likeness (QED) is 0.416. The third kappa shape index (κ3) is 4.52. The van der Waals surface area contributed by atoms with E-state index in [1.165, 1.54) is 4.90 Å². The largest absolute Gasteiger partial charge is 0.497 e. The van der Waals surface area contributed by atoms with Gasteiger partial charge >= 0.3 is 0 Å². The lowest BCUT2D eigenvalue weighted by atomic mass is 10.1. The molecule has 1 fully saturated rings. The van der Waals surface area contributed by atoms with Crippen LogP contribution in [0.4, 0.5) is 11.4 Å². The van der Waals surface area contributed by atoms with Gasteiger partial charge < -0.3 is 15.0 Å². The van der Waals surface area contributed by atoms with Crippen LogP contribution >= 0.6 is 12.2 Å². The second-order valence-corrected chi connectivity index (χ2v) is 7.29. The number of nitrogens with one attached hydrogen (secondary N) is 1. The van der Waals surface area contributed by atoms with Gasteiger partial charge in [-0.2, -0.15) is 0 Å². The second kappa shape index (κ2) is 9.54. The molecular formula is C23H25N3O3S. The maximum absolute atomic E-state index is 13.2. The lowest BCUT2D eigenvalue weighted by Gasteiger charge is -2.29. The Morgan fingerprint density at radius 2 is 1.90 bits per heavy atom. The number of ether oxygens (including phenoxy) is 1. The number of amides is 2. The number of nitrogens with zero attached hydrogens (tertiary/aromatic N) is 2. The second-order valence-electron chi connectivity index (χ2n) is 6.91. The van der Waals surface area contributed by atoms with E-state index >= 15 is 0 Å². The maximum Gasteiger partial charge on any atom is 0.257 e. The first-order valence-electron chi connectivity index (χ1n) is 9.76. The van der Waals surface area contributed by atoms with Crippen molar-refractivity contribution < 1.29 is 14.3 Å². The summed E-state index contributed by atoms with van der Waals surface area (Å²) in [7, 11) is 1.60. The molecule has 0 spiro atoms. The summed E-state index contributed by atoms with van der Waals surface area (Å²) in [5.41, 5.74) is 2.49. The summed E-state index contributed by atoms with van der Waals surface area (Å²) >= 11 is 5.55. The third-order valence-electron chi connectivity index (χ3n) is 5.03. The summed E-state index contributed by atoms with van der Waals surface area (Å²) in [5, 5.41) is 3.49. The number of benzene rings is 2. The molecule has 7 heteroatoms. The van der Waals surface area contributed by atoms with E-state index in [9.17, 15) is 9.59 Å². The molecular weight excluding hydrogens is 398 g/mol. The number of thiocarbonyl (C=S) groups is 1. The van der Waals surface area contributed by atoms with Crippen LogP contribution in [-0.4, -0.2) is 41.5 Å². The van der Waals surface area contributed by atoms with Crippen molar-refractivity contribution in [3.05, 3.63) is 66.7 Å². The molecule has 2 aromatic carbocycles. The van der Waals surface area contributed by atoms with Crippen molar-refractivity contribution in [2.24, 2.45) is 0 Å². The van der Waals surface area contributed by atoms with Crippen LogP contribution in [0.15, 0.2) is 61.2 Å². The highest BCUT2D eigenvalue weighted by atomic mass is 32.1. The van der Waals surface area contributed by atoms with Crippen molar-refractivity contribution in [1.82, 2.24) is 4.90 Å². The van der Waals surface area contributed by atoms with E-state index in [4.69, 9.17) is 17.0 Å². The van der Waals surface area contributed by atoms with Crippen LogP contribution in [0.25, 0.3) is 0 Å². The van der Waals surface area contributed by atoms with Crippen LogP contribution in [0.5, 0.6) is 5.75 Å². The maximum atomic E-state index is 13.2. The number of carbonyl (C=O) groups excluding carboxylic acids is 2. The van der Waals surface area contributed by atoms with Gasteiger partial charge in [-0.15, -0.1) is 6.58 Å². The summed E-state index contributed by atoms with van der Waals surface area (Å²) in [6.45, 7) is 6.17. The fourth-order valence-electron chi connectivity index (χ4n) is 3.37. The molecule has 1 N–H and O–H groups in total. The molecule has 0 aliphatic carbocycles. The fraction of sp³-hybridized carbons (Fsp3) is 0.261. The van der Waals surface area contributed by atoms with Crippen LogP contribution in [0.2, 0.25) is 0 Å². The van der Waals surface area contributed by atoms with E-state index in [2.05, 4.69) is 18.8 Å². The Kier molecular flexibility index (Phi) is 6.84. The highest BCUT2D eigenvalue weighted by Gasteiger charge is 2.43. The standard InChI is InChI=1S/C23H25N3O3S/c1-4-14-25(23(30)24-17-8-12-19(29-3)13-9-17)20-15-21(27)26(22(20)28)18-10-6-16(5-2)7-11-18/h4,6-13,20H,1,5,14-15H2,2-3H3,(H,24,30)/t20-/m0/s1. The van der Waals surface area contributed by atoms with E-state index in [1.807, 2.05) is 48.5 Å². The molecule has 2 aromatic rings. The van der Waals surface area contributed by atoms with Crippen molar-refractivity contribution in [3.63, 3.8) is 0 Å². The molecule has 1 atom stereocenters. The van der Waals surface area contributed by atoms with E-state index in [0.29, 0.717) is 17.3 Å². The first-order valence-corrected chi connectivity index (χ1v) is 10.2. The molecule has 30 heavy (non-hydrogen) atoms. The molecule has 6 nitrogen and oxygen atoms in total. The lowest BCUT2D eigenvalue weighted by Crippen LogP contribution is -2.47. The number of hydrogen-bond donors (Lipinski definition) is 1. The summed E-state index contributed by atoms with van der Waals surface area (Å²) in [6, 6.07) is 14.1. The molecule has 0 unspecified atom stereocenters. The van der Waals surface area contributed by atoms with Gasteiger partial charge in [0.1, 0.15) is 11.8 Å². The molecule has 1 aliphatic rings. The topological polar surface area (TPSA) is 61.9 Å². The zero-order chi connectivity index (χ0) is 21.7. The molecule has 0 bridgehead atoms. The van der Waals surface area contributed by atoms with E-state index in [0.717, 1.165) is 23.4 Å². The molecule has 3 rings (SSSR count). The van der Waals surface area contributed by atoms with Crippen molar-refractivity contribution in [3.8, 4) is 5.75 Å². The van der Waals surface area contributed by atoms with Gasteiger partial charge in [0.15, 0.2) is 5.11 Å². The molecule has 0 aromatic heterocycles. The van der Waals surface area contributed by atoms with Crippen LogP contribution < -0.4 is 15.0 Å². The van der Waals surface area contributed by atoms with Crippen LogP contribution in [0.1, 0.15) is 18.9 Å². The van der Waals surface area contributed by atoms with Crippen LogP contribution in [0.3, 0.4) is 0 Å². The third-order valence-corrected chi connectivity index (χ3v) is 5.37. The number of carbonyl (C=O) groups is 2. The van der Waals surface area contributed by atoms with Crippen molar-refractivity contribution in [2.75, 3.05) is 23.9 Å². The van der Waals surface area contributed by atoms with Gasteiger partial charge in [0.05, 0.1) is 19.2 Å². The van der Waals surface area contributed by atoms with Crippen molar-refractivity contribution >= 4 is 40.5 Å². The number of rotatable bonds is 7. The summed E-state index contributed by atoms with van der Waals surface area (Å²) < 4.78 is 5.16. The monoisotopic (exact) mass is 423 g/mol. The Balaban J connectivity index is 1.79. The minimum Gasteiger partial charge on any atom is -0.497 e. The first-order chi connectivity index (χ1) is 14.5. The van der Waals surface area contributed by atoms with Gasteiger partial charge in [-0.25, -0.2) is 4.90 Å². The Morgan fingerprint density at radius 3 is 2.47 bits per heavy atom. The molecule has 1 heterocycles. The zero-order valence-electron chi connectivity index (χ0n) is 17.1. The van der Waals surface area contributed by atoms with E-state index < -0.39 is 6.04 Å². The SMILES string of the molecule is C=CCN(C(=S)Nc1ccc(OC)cc1)[C@H]1CC(=O)N(c2ccc(CC)cc2)C1=O.